The molecule has 0 saturated heterocycles. The summed E-state index contributed by atoms with van der Waals surface area (Å²) < 4.78 is 1.92. The van der Waals surface area contributed by atoms with E-state index >= 15 is 0 Å². The zero-order chi connectivity index (χ0) is 6.10. The minimum Gasteiger partial charge on any atom is -0.306 e. The Labute approximate surface area is 52.8 Å². The van der Waals surface area contributed by atoms with Gasteiger partial charge in [0.25, 0.3) is 0 Å². The number of fused-ring (bicyclic) bond motifs is 1. The van der Waals surface area contributed by atoms with Gasteiger partial charge < -0.3 is 4.40 Å². The lowest BCUT2D eigenvalue weighted by atomic mass is 10.4. The van der Waals surface area contributed by atoms with Gasteiger partial charge in [0, 0.05) is 6.20 Å². The molecule has 0 N–H and O–H groups in total. The quantitative estimate of drug-likeness (QED) is 0.505. The molecule has 9 heavy (non-hydrogen) atoms. The van der Waals surface area contributed by atoms with Crippen LogP contribution in [0.2, 0.25) is 0 Å². The third-order valence-corrected chi connectivity index (χ3v) is 1.25. The van der Waals surface area contributed by atoms with Gasteiger partial charge >= 0.3 is 0 Å². The topological polar surface area (TPSA) is 17.3 Å². The van der Waals surface area contributed by atoms with Gasteiger partial charge in [-0.1, -0.05) is 6.07 Å². The first-order chi connectivity index (χ1) is 4.47. The van der Waals surface area contributed by atoms with Gasteiger partial charge in [0.2, 0.25) is 0 Å². The Balaban J connectivity index is 2.95. The number of pyridine rings is 1. The fraction of sp³-hybridized carbons (Fsp3) is 0. The summed E-state index contributed by atoms with van der Waals surface area (Å²) in [4.78, 5) is 3.84. The second kappa shape index (κ2) is 1.58. The molecule has 2 rings (SSSR count). The predicted molar refractivity (Wildman–Crippen MR) is 34.0 cm³/mol. The van der Waals surface area contributed by atoms with Crippen molar-refractivity contribution in [3.05, 3.63) is 36.9 Å². The van der Waals surface area contributed by atoms with Gasteiger partial charge in [-0.25, -0.2) is 4.98 Å². The summed E-state index contributed by atoms with van der Waals surface area (Å²) in [6, 6.07) is 5.89. The van der Waals surface area contributed by atoms with E-state index in [4.69, 9.17) is 0 Å². The first-order valence-electron chi connectivity index (χ1n) is 2.76. The van der Waals surface area contributed by atoms with E-state index in [2.05, 4.69) is 11.2 Å². The zero-order valence-electron chi connectivity index (χ0n) is 4.78. The average Bonchev–Trinajstić information content (AvgIpc) is 2.33. The van der Waals surface area contributed by atoms with Crippen molar-refractivity contribution in [2.24, 2.45) is 0 Å². The second-order valence-electron chi connectivity index (χ2n) is 1.85. The Bertz CT molecular complexity index is 281. The highest BCUT2D eigenvalue weighted by atomic mass is 15.0. The van der Waals surface area contributed by atoms with E-state index in [9.17, 15) is 0 Å². The highest BCUT2D eigenvalue weighted by Gasteiger charge is 1.86. The molecule has 0 aliphatic carbocycles. The van der Waals surface area contributed by atoms with Crippen molar-refractivity contribution in [1.82, 2.24) is 9.38 Å². The summed E-state index contributed by atoms with van der Waals surface area (Å²) in [6.07, 6.45) is 6.51. The lowest BCUT2D eigenvalue weighted by molar-refractivity contribution is 1.15. The summed E-state index contributed by atoms with van der Waals surface area (Å²) in [5.74, 6) is 0. The van der Waals surface area contributed by atoms with Crippen LogP contribution in [0.5, 0.6) is 0 Å². The maximum atomic E-state index is 3.84. The molecule has 0 unspecified atom stereocenters. The number of rotatable bonds is 0. The molecule has 2 aromatic heterocycles. The molecule has 0 aliphatic heterocycles. The summed E-state index contributed by atoms with van der Waals surface area (Å²) >= 11 is 0. The third kappa shape index (κ3) is 0.598. The molecule has 2 heteroatoms. The molecule has 43 valence electrons. The van der Waals surface area contributed by atoms with E-state index in [-0.39, 0.29) is 0 Å². The van der Waals surface area contributed by atoms with Crippen molar-refractivity contribution in [2.75, 3.05) is 0 Å². The minimum atomic E-state index is 1.01. The molecule has 0 saturated carbocycles. The van der Waals surface area contributed by atoms with Crippen LogP contribution in [0.25, 0.3) is 5.52 Å². The molecular formula is C7H5N2. The lowest BCUT2D eigenvalue weighted by Crippen LogP contribution is -1.76. The summed E-state index contributed by atoms with van der Waals surface area (Å²) in [5.41, 5.74) is 1.01. The van der Waals surface area contributed by atoms with Gasteiger partial charge in [-0.2, -0.15) is 0 Å². The Kier molecular flexibility index (Phi) is 0.803. The van der Waals surface area contributed by atoms with Crippen molar-refractivity contribution >= 4 is 5.52 Å². The van der Waals surface area contributed by atoms with Crippen LogP contribution in [0, 0.1) is 6.20 Å². The molecule has 0 aliphatic rings. The van der Waals surface area contributed by atoms with E-state index < -0.39 is 0 Å². The summed E-state index contributed by atoms with van der Waals surface area (Å²) in [6.45, 7) is 0. The normalized spacial score (nSPS) is 10.2. The van der Waals surface area contributed by atoms with Crippen LogP contribution < -0.4 is 0 Å². The number of aromatic nitrogens is 2. The lowest BCUT2D eigenvalue weighted by Gasteiger charge is -1.86. The molecule has 0 bridgehead atoms. The molecule has 0 spiro atoms. The van der Waals surface area contributed by atoms with E-state index in [1.807, 2.05) is 28.8 Å². The smallest absolute Gasteiger partial charge is 0.117 e. The Morgan fingerprint density at radius 2 is 2.44 bits per heavy atom. The van der Waals surface area contributed by atoms with Crippen LogP contribution in [-0.2, 0) is 0 Å². The molecule has 1 radical (unpaired) electrons. The van der Waals surface area contributed by atoms with Crippen LogP contribution in [0.3, 0.4) is 0 Å². The second-order valence-corrected chi connectivity index (χ2v) is 1.85. The van der Waals surface area contributed by atoms with Gasteiger partial charge in [0.15, 0.2) is 0 Å². The Morgan fingerprint density at radius 3 is 3.33 bits per heavy atom. The Morgan fingerprint density at radius 1 is 1.44 bits per heavy atom. The van der Waals surface area contributed by atoms with Gasteiger partial charge in [-0.3, -0.25) is 0 Å². The average molecular weight is 117 g/mol. The van der Waals surface area contributed by atoms with E-state index in [0.717, 1.165) is 5.52 Å². The van der Waals surface area contributed by atoms with Crippen LogP contribution in [0.15, 0.2) is 30.7 Å². The van der Waals surface area contributed by atoms with Crippen LogP contribution in [0.1, 0.15) is 0 Å². The third-order valence-electron chi connectivity index (χ3n) is 1.25. The van der Waals surface area contributed by atoms with Crippen LogP contribution in [0.4, 0.5) is 0 Å². The van der Waals surface area contributed by atoms with Gasteiger partial charge in [-0.15, -0.1) is 0 Å². The molecule has 0 atom stereocenters. The van der Waals surface area contributed by atoms with Crippen molar-refractivity contribution in [1.29, 1.82) is 0 Å². The van der Waals surface area contributed by atoms with Crippen molar-refractivity contribution in [2.45, 2.75) is 0 Å². The van der Waals surface area contributed by atoms with E-state index in [1.54, 1.807) is 6.33 Å². The van der Waals surface area contributed by atoms with Gasteiger partial charge in [0.05, 0.1) is 5.52 Å². The summed E-state index contributed by atoms with van der Waals surface area (Å²) in [7, 11) is 0. The highest BCUT2D eigenvalue weighted by Crippen LogP contribution is 1.97. The maximum Gasteiger partial charge on any atom is 0.117 e. The van der Waals surface area contributed by atoms with Crippen LogP contribution >= 0.6 is 0 Å². The van der Waals surface area contributed by atoms with Gasteiger partial charge in [-0.05, 0) is 12.1 Å². The van der Waals surface area contributed by atoms with E-state index in [0.29, 0.717) is 0 Å². The first kappa shape index (κ1) is 4.56. The number of hydrogen-bond acceptors (Lipinski definition) is 1. The highest BCUT2D eigenvalue weighted by molar-refractivity contribution is 5.42. The fourth-order valence-corrected chi connectivity index (χ4v) is 0.808. The fourth-order valence-electron chi connectivity index (χ4n) is 0.808. The molecule has 0 aromatic carbocycles. The molecule has 0 fully saturated rings. The summed E-state index contributed by atoms with van der Waals surface area (Å²) in [5, 5.41) is 0. The molecule has 2 nitrogen and oxygen atoms in total. The first-order valence-corrected chi connectivity index (χ1v) is 2.76. The van der Waals surface area contributed by atoms with Gasteiger partial charge in [0.1, 0.15) is 12.5 Å². The van der Waals surface area contributed by atoms with Crippen molar-refractivity contribution < 1.29 is 0 Å². The molecule has 2 heterocycles. The number of nitrogens with zero attached hydrogens (tertiary/aromatic N) is 2. The maximum absolute atomic E-state index is 3.84. The zero-order valence-corrected chi connectivity index (χ0v) is 4.78. The molecule has 2 aromatic rings. The number of imidazole rings is 1. The van der Waals surface area contributed by atoms with E-state index in [1.165, 1.54) is 0 Å². The predicted octanol–water partition coefficient (Wildman–Crippen LogP) is 1.13. The van der Waals surface area contributed by atoms with Crippen molar-refractivity contribution in [3.8, 4) is 0 Å². The SMILES string of the molecule is [c]1ncn2ccccc12. The standard InChI is InChI=1S/C7H5N2/c1-2-4-9-6-8-5-7(9)3-1/h1-4,6H. The largest absolute Gasteiger partial charge is 0.306 e. The molecule has 0 amide bonds. The number of hydrogen-bond donors (Lipinski definition) is 0. The van der Waals surface area contributed by atoms with Crippen LogP contribution in [-0.4, -0.2) is 9.38 Å². The Hall–Kier alpha value is -1.31. The molecular weight excluding hydrogens is 112 g/mol. The van der Waals surface area contributed by atoms with Crippen molar-refractivity contribution in [3.63, 3.8) is 0 Å². The minimum absolute atomic E-state index is 1.01. The monoisotopic (exact) mass is 117 g/mol.